The third-order valence-corrected chi connectivity index (χ3v) is 5.05. The molecule has 0 N–H and O–H groups in total. The molecule has 0 radical (unpaired) electrons. The summed E-state index contributed by atoms with van der Waals surface area (Å²) in [5.41, 5.74) is 0.990. The van der Waals surface area contributed by atoms with E-state index in [4.69, 9.17) is 4.74 Å². The van der Waals surface area contributed by atoms with Crippen LogP contribution in [0.3, 0.4) is 0 Å². The zero-order valence-electron chi connectivity index (χ0n) is 16.2. The Hall–Kier alpha value is -3.61. The molecule has 4 rings (SSSR count). The fourth-order valence-corrected chi connectivity index (χ4v) is 3.42. The number of methoxy groups -OCH3 is 1. The van der Waals surface area contributed by atoms with Crippen molar-refractivity contribution >= 4 is 11.7 Å². The number of benzene rings is 1. The number of rotatable bonds is 4. The number of nitrogens with zero attached hydrogens (tertiary/aromatic N) is 4. The van der Waals surface area contributed by atoms with Gasteiger partial charge < -0.3 is 14.5 Å². The van der Waals surface area contributed by atoms with Crippen molar-refractivity contribution in [1.82, 2.24) is 14.5 Å². The Balaban J connectivity index is 1.50. The van der Waals surface area contributed by atoms with E-state index in [2.05, 4.69) is 9.88 Å². The van der Waals surface area contributed by atoms with Gasteiger partial charge in [0.15, 0.2) is 0 Å². The van der Waals surface area contributed by atoms with Gasteiger partial charge in [-0.25, -0.2) is 4.98 Å². The second kappa shape index (κ2) is 8.18. The Morgan fingerprint density at radius 1 is 0.966 bits per heavy atom. The summed E-state index contributed by atoms with van der Waals surface area (Å²) < 4.78 is 6.64. The normalized spacial score (nSPS) is 14.0. The first-order valence-corrected chi connectivity index (χ1v) is 9.48. The zero-order valence-corrected chi connectivity index (χ0v) is 16.2. The highest BCUT2D eigenvalue weighted by atomic mass is 16.5. The third kappa shape index (κ3) is 3.99. The number of hydrogen-bond donors (Lipinski definition) is 0. The monoisotopic (exact) mass is 390 g/mol. The van der Waals surface area contributed by atoms with Gasteiger partial charge in [-0.2, -0.15) is 0 Å². The average Bonchev–Trinajstić information content (AvgIpc) is 2.80. The summed E-state index contributed by atoms with van der Waals surface area (Å²) in [6.07, 6.45) is 3.38. The number of aromatic nitrogens is 2. The number of ether oxygens (including phenoxy) is 1. The first kappa shape index (κ1) is 18.7. The van der Waals surface area contributed by atoms with Crippen molar-refractivity contribution < 1.29 is 9.53 Å². The molecule has 29 heavy (non-hydrogen) atoms. The molecule has 7 nitrogen and oxygen atoms in total. The lowest BCUT2D eigenvalue weighted by atomic mass is 10.2. The highest BCUT2D eigenvalue weighted by Crippen LogP contribution is 2.16. The molecule has 148 valence electrons. The molecular formula is C22H22N4O3. The topological polar surface area (TPSA) is 67.7 Å². The molecule has 0 atom stereocenters. The average molecular weight is 390 g/mol. The highest BCUT2D eigenvalue weighted by molar-refractivity contribution is 5.94. The predicted molar refractivity (Wildman–Crippen MR) is 111 cm³/mol. The molecule has 0 spiro atoms. The van der Waals surface area contributed by atoms with Crippen molar-refractivity contribution in [3.63, 3.8) is 0 Å². The van der Waals surface area contributed by atoms with E-state index >= 15 is 0 Å². The lowest BCUT2D eigenvalue weighted by molar-refractivity contribution is 0.0746. The van der Waals surface area contributed by atoms with Crippen LogP contribution in [0, 0.1) is 0 Å². The van der Waals surface area contributed by atoms with Gasteiger partial charge in [0.25, 0.3) is 11.5 Å². The molecule has 3 heterocycles. The summed E-state index contributed by atoms with van der Waals surface area (Å²) in [6, 6.07) is 16.0. The molecule has 2 aromatic heterocycles. The van der Waals surface area contributed by atoms with Crippen molar-refractivity contribution in [2.24, 2.45) is 0 Å². The Morgan fingerprint density at radius 2 is 1.72 bits per heavy atom. The van der Waals surface area contributed by atoms with Crippen LogP contribution in [-0.4, -0.2) is 53.6 Å². The van der Waals surface area contributed by atoms with Crippen molar-refractivity contribution in [2.45, 2.75) is 0 Å². The number of carbonyl (C=O) groups excluding carboxylic acids is 1. The standard InChI is InChI=1S/C22H22N4O3/c1-29-19-8-6-18(7-9-19)26-16-17(5-10-21(26)27)22(28)25-14-12-24(13-15-25)20-4-2-3-11-23-20/h2-11,16H,12-15H2,1H3. The van der Waals surface area contributed by atoms with Gasteiger partial charge in [0, 0.05) is 50.3 Å². The Morgan fingerprint density at radius 3 is 2.38 bits per heavy atom. The maximum atomic E-state index is 13.0. The van der Waals surface area contributed by atoms with Gasteiger partial charge in [-0.1, -0.05) is 6.07 Å². The van der Waals surface area contributed by atoms with Gasteiger partial charge in [-0.15, -0.1) is 0 Å². The minimum absolute atomic E-state index is 0.0760. The second-order valence-electron chi connectivity index (χ2n) is 6.79. The molecule has 0 unspecified atom stereocenters. The van der Waals surface area contributed by atoms with Crippen LogP contribution in [0.5, 0.6) is 5.75 Å². The maximum Gasteiger partial charge on any atom is 0.255 e. The van der Waals surface area contributed by atoms with Crippen molar-refractivity contribution in [3.05, 3.63) is 82.9 Å². The molecule has 1 saturated heterocycles. The zero-order chi connectivity index (χ0) is 20.2. The fraction of sp³-hybridized carbons (Fsp3) is 0.227. The Labute approximate surface area is 168 Å². The number of pyridine rings is 2. The van der Waals surface area contributed by atoms with E-state index in [-0.39, 0.29) is 11.5 Å². The summed E-state index contributed by atoms with van der Waals surface area (Å²) in [6.45, 7) is 2.66. The SMILES string of the molecule is COc1ccc(-n2cc(C(=O)N3CCN(c4ccccn4)CC3)ccc2=O)cc1. The highest BCUT2D eigenvalue weighted by Gasteiger charge is 2.23. The van der Waals surface area contributed by atoms with Gasteiger partial charge >= 0.3 is 0 Å². The lowest BCUT2D eigenvalue weighted by Crippen LogP contribution is -2.49. The molecule has 1 aromatic carbocycles. The predicted octanol–water partition coefficient (Wildman–Crippen LogP) is 2.20. The van der Waals surface area contributed by atoms with Gasteiger partial charge in [-0.3, -0.25) is 14.2 Å². The van der Waals surface area contributed by atoms with Crippen molar-refractivity contribution in [1.29, 1.82) is 0 Å². The van der Waals surface area contributed by atoms with Crippen LogP contribution in [0.2, 0.25) is 0 Å². The van der Waals surface area contributed by atoms with Crippen LogP contribution in [0.1, 0.15) is 10.4 Å². The van der Waals surface area contributed by atoms with Gasteiger partial charge in [0.2, 0.25) is 0 Å². The van der Waals surface area contributed by atoms with E-state index in [0.717, 1.165) is 18.9 Å². The molecule has 1 amide bonds. The van der Waals surface area contributed by atoms with Gasteiger partial charge in [-0.05, 0) is 42.5 Å². The molecule has 1 aliphatic rings. The summed E-state index contributed by atoms with van der Waals surface area (Å²) in [5.74, 6) is 1.56. The van der Waals surface area contributed by atoms with Crippen LogP contribution < -0.4 is 15.2 Å². The first-order valence-electron chi connectivity index (χ1n) is 9.48. The van der Waals surface area contributed by atoms with Crippen LogP contribution in [0.15, 0.2) is 71.8 Å². The number of piperazine rings is 1. The number of hydrogen-bond acceptors (Lipinski definition) is 5. The van der Waals surface area contributed by atoms with Crippen LogP contribution >= 0.6 is 0 Å². The van der Waals surface area contributed by atoms with Crippen LogP contribution in [0.4, 0.5) is 5.82 Å². The maximum absolute atomic E-state index is 13.0. The van der Waals surface area contributed by atoms with Crippen LogP contribution in [-0.2, 0) is 0 Å². The smallest absolute Gasteiger partial charge is 0.255 e. The van der Waals surface area contributed by atoms with E-state index in [1.807, 2.05) is 23.1 Å². The minimum Gasteiger partial charge on any atom is -0.497 e. The van der Waals surface area contributed by atoms with E-state index in [1.54, 1.807) is 49.8 Å². The van der Waals surface area contributed by atoms with Gasteiger partial charge in [0.05, 0.1) is 12.7 Å². The fourth-order valence-electron chi connectivity index (χ4n) is 3.42. The first-order chi connectivity index (χ1) is 14.2. The van der Waals surface area contributed by atoms with E-state index in [0.29, 0.717) is 30.1 Å². The number of amides is 1. The van der Waals surface area contributed by atoms with Crippen LogP contribution in [0.25, 0.3) is 5.69 Å². The Kier molecular flexibility index (Phi) is 5.29. The molecule has 0 aliphatic carbocycles. The van der Waals surface area contributed by atoms with Crippen molar-refractivity contribution in [2.75, 3.05) is 38.2 Å². The summed E-state index contributed by atoms with van der Waals surface area (Å²) in [5, 5.41) is 0. The van der Waals surface area contributed by atoms with E-state index in [1.165, 1.54) is 10.6 Å². The molecule has 0 saturated carbocycles. The summed E-state index contributed by atoms with van der Waals surface area (Å²) in [4.78, 5) is 33.7. The number of anilines is 1. The molecule has 1 aliphatic heterocycles. The largest absolute Gasteiger partial charge is 0.497 e. The van der Waals surface area contributed by atoms with Gasteiger partial charge in [0.1, 0.15) is 11.6 Å². The number of carbonyl (C=O) groups is 1. The molecular weight excluding hydrogens is 368 g/mol. The summed E-state index contributed by atoms with van der Waals surface area (Å²) >= 11 is 0. The summed E-state index contributed by atoms with van der Waals surface area (Å²) in [7, 11) is 1.59. The molecule has 1 fully saturated rings. The van der Waals surface area contributed by atoms with E-state index in [9.17, 15) is 9.59 Å². The molecule has 7 heteroatoms. The lowest BCUT2D eigenvalue weighted by Gasteiger charge is -2.35. The van der Waals surface area contributed by atoms with Crippen molar-refractivity contribution in [3.8, 4) is 11.4 Å². The third-order valence-electron chi connectivity index (χ3n) is 5.05. The minimum atomic E-state index is -0.188. The molecule has 3 aromatic rings. The van der Waals surface area contributed by atoms with E-state index < -0.39 is 0 Å². The quantitative estimate of drug-likeness (QED) is 0.683. The Bertz CT molecular complexity index is 1040. The second-order valence-corrected chi connectivity index (χ2v) is 6.79. The molecule has 0 bridgehead atoms.